The maximum Gasteiger partial charge on any atom is 0.0472 e. The zero-order valence-electron chi connectivity index (χ0n) is 37.0. The second-order valence-electron chi connectivity index (χ2n) is 17.0. The van der Waals surface area contributed by atoms with Gasteiger partial charge >= 0.3 is 0 Å². The van der Waals surface area contributed by atoms with Gasteiger partial charge in [0.1, 0.15) is 0 Å². The van der Waals surface area contributed by atoms with Crippen LogP contribution in [0, 0.1) is 20.8 Å². The van der Waals surface area contributed by atoms with Gasteiger partial charge in [-0.2, -0.15) is 0 Å². The second-order valence-corrected chi connectivity index (χ2v) is 18.8. The molecule has 0 aliphatic heterocycles. The molecular formula is C61H48Br2N2. The van der Waals surface area contributed by atoms with Gasteiger partial charge in [0, 0.05) is 43.1 Å². The lowest BCUT2D eigenvalue weighted by Crippen LogP contribution is -2.10. The van der Waals surface area contributed by atoms with Crippen molar-refractivity contribution in [1.29, 1.82) is 0 Å². The number of nitrogens with zero attached hydrogens (tertiary/aromatic N) is 2. The summed E-state index contributed by atoms with van der Waals surface area (Å²) in [4.78, 5) is 4.65. The lowest BCUT2D eigenvalue weighted by Gasteiger charge is -2.26. The number of fused-ring (bicyclic) bond motifs is 2. The minimum Gasteiger partial charge on any atom is -0.310 e. The first-order valence-electron chi connectivity index (χ1n) is 22.3. The third-order valence-electron chi connectivity index (χ3n) is 12.6. The average molecular weight is 969 g/mol. The van der Waals surface area contributed by atoms with Crippen molar-refractivity contribution in [1.82, 2.24) is 0 Å². The van der Waals surface area contributed by atoms with Crippen molar-refractivity contribution in [2.45, 2.75) is 34.1 Å². The topological polar surface area (TPSA) is 6.48 Å². The minimum atomic E-state index is 0.989. The molecule has 10 rings (SSSR count). The lowest BCUT2D eigenvalue weighted by molar-refractivity contribution is 1.13. The van der Waals surface area contributed by atoms with Crippen molar-refractivity contribution in [3.8, 4) is 33.4 Å². The Labute approximate surface area is 399 Å². The Hall–Kier alpha value is -6.72. The quantitative estimate of drug-likeness (QED) is 0.135. The first kappa shape index (κ1) is 42.2. The zero-order valence-corrected chi connectivity index (χ0v) is 40.2. The van der Waals surface area contributed by atoms with E-state index >= 15 is 0 Å². The van der Waals surface area contributed by atoms with Crippen LogP contribution in [0.3, 0.4) is 0 Å². The predicted molar refractivity (Wildman–Crippen MR) is 286 cm³/mol. The van der Waals surface area contributed by atoms with Crippen molar-refractivity contribution in [3.05, 3.63) is 237 Å². The van der Waals surface area contributed by atoms with Gasteiger partial charge in [0.05, 0.1) is 0 Å². The van der Waals surface area contributed by atoms with Crippen molar-refractivity contribution in [2.75, 3.05) is 9.80 Å². The van der Waals surface area contributed by atoms with Crippen LogP contribution in [0.2, 0.25) is 0 Å². The van der Waals surface area contributed by atoms with Crippen molar-refractivity contribution in [3.63, 3.8) is 0 Å². The predicted octanol–water partition coefficient (Wildman–Crippen LogP) is 18.9. The molecule has 0 amide bonds. The smallest absolute Gasteiger partial charge is 0.0472 e. The average Bonchev–Trinajstić information content (AvgIpc) is 3.32. The van der Waals surface area contributed by atoms with Gasteiger partial charge in [-0.25, -0.2) is 0 Å². The van der Waals surface area contributed by atoms with E-state index in [1.165, 1.54) is 77.2 Å². The summed E-state index contributed by atoms with van der Waals surface area (Å²) in [6.07, 6.45) is 0.989. The van der Waals surface area contributed by atoms with E-state index < -0.39 is 0 Å². The van der Waals surface area contributed by atoms with Crippen LogP contribution in [0.5, 0.6) is 0 Å². The SMILES string of the molecule is CCc1cccc(N(c2ccc(-c3ccc4c(-c5c(C)ccc6cc(-c7ccc(N(c8cccc(C)c8)c8cccc(Br)c8)cc7)ccc56)c(C)ccc4c3)cc2)c2cccc(Br)c2)c1. The normalized spacial score (nSPS) is 11.3. The van der Waals surface area contributed by atoms with E-state index in [1.807, 2.05) is 0 Å². The van der Waals surface area contributed by atoms with Crippen LogP contribution in [0.4, 0.5) is 34.1 Å². The summed E-state index contributed by atoms with van der Waals surface area (Å²) in [5.74, 6) is 0. The van der Waals surface area contributed by atoms with Crippen LogP contribution in [-0.2, 0) is 6.42 Å². The Bertz CT molecular complexity index is 3330. The molecule has 0 aliphatic carbocycles. The third kappa shape index (κ3) is 8.53. The zero-order chi connectivity index (χ0) is 44.6. The molecule has 65 heavy (non-hydrogen) atoms. The summed E-state index contributed by atoms with van der Waals surface area (Å²) in [6.45, 7) is 8.84. The van der Waals surface area contributed by atoms with Crippen LogP contribution in [0.1, 0.15) is 29.2 Å². The van der Waals surface area contributed by atoms with Crippen LogP contribution in [-0.4, -0.2) is 0 Å². The van der Waals surface area contributed by atoms with Gasteiger partial charge in [-0.05, 0) is 201 Å². The maximum absolute atomic E-state index is 3.71. The van der Waals surface area contributed by atoms with Gasteiger partial charge in [0.2, 0.25) is 0 Å². The highest BCUT2D eigenvalue weighted by atomic mass is 79.9. The molecule has 0 radical (unpaired) electrons. The standard InChI is InChI=1S/C61H48Br2N2/c1-5-43-11-7-15-55(35-43)65(57-17-9-13-51(63)39-57)53-30-24-45(25-31-53)47-27-33-59-49(37-47)21-19-42(4)61(59)60-41(3)18-20-48-36-46(26-32-58(48)60)44-22-28-52(29-23-44)64(54-14-6-10-40(2)34-54)56-16-8-12-50(62)38-56/h6-39H,5H2,1-4H3. The molecule has 0 aliphatic rings. The Balaban J connectivity index is 0.974. The van der Waals surface area contributed by atoms with Gasteiger partial charge in [-0.3, -0.25) is 0 Å². The van der Waals surface area contributed by atoms with Crippen LogP contribution in [0.25, 0.3) is 54.9 Å². The monoisotopic (exact) mass is 966 g/mol. The molecule has 0 heterocycles. The molecule has 0 fully saturated rings. The van der Waals surface area contributed by atoms with Crippen LogP contribution < -0.4 is 9.80 Å². The molecule has 10 aromatic carbocycles. The Morgan fingerprint density at radius 3 is 1.22 bits per heavy atom. The Morgan fingerprint density at radius 1 is 0.354 bits per heavy atom. The molecule has 0 atom stereocenters. The van der Waals surface area contributed by atoms with Gasteiger partial charge in [0.15, 0.2) is 0 Å². The number of rotatable bonds is 10. The van der Waals surface area contributed by atoms with Crippen LogP contribution >= 0.6 is 31.9 Å². The van der Waals surface area contributed by atoms with E-state index in [4.69, 9.17) is 0 Å². The molecule has 0 N–H and O–H groups in total. The highest BCUT2D eigenvalue weighted by Gasteiger charge is 2.18. The molecule has 2 nitrogen and oxygen atoms in total. The second kappa shape index (κ2) is 18.0. The summed E-state index contributed by atoms with van der Waals surface area (Å²) in [7, 11) is 0. The number of benzene rings is 10. The molecule has 4 heteroatoms. The van der Waals surface area contributed by atoms with Gasteiger partial charge in [0.25, 0.3) is 0 Å². The van der Waals surface area contributed by atoms with Crippen molar-refractivity contribution in [2.24, 2.45) is 0 Å². The molecule has 316 valence electrons. The molecule has 0 saturated carbocycles. The van der Waals surface area contributed by atoms with Gasteiger partial charge in [-0.1, -0.05) is 148 Å². The molecule has 0 bridgehead atoms. The first-order valence-corrected chi connectivity index (χ1v) is 23.8. The van der Waals surface area contributed by atoms with Gasteiger partial charge in [-0.15, -0.1) is 0 Å². The molecule has 10 aromatic rings. The number of aryl methyl sites for hydroxylation is 4. The lowest BCUT2D eigenvalue weighted by atomic mass is 9.86. The van der Waals surface area contributed by atoms with E-state index in [0.29, 0.717) is 0 Å². The van der Waals surface area contributed by atoms with Crippen LogP contribution in [0.15, 0.2) is 215 Å². The third-order valence-corrected chi connectivity index (χ3v) is 13.6. The molecule has 0 saturated heterocycles. The fourth-order valence-electron chi connectivity index (χ4n) is 9.31. The maximum atomic E-state index is 3.71. The molecule has 0 aromatic heterocycles. The highest BCUT2D eigenvalue weighted by Crippen LogP contribution is 2.43. The largest absolute Gasteiger partial charge is 0.310 e. The van der Waals surface area contributed by atoms with E-state index in [0.717, 1.165) is 49.5 Å². The summed E-state index contributed by atoms with van der Waals surface area (Å²) >= 11 is 7.40. The van der Waals surface area contributed by atoms with E-state index in [9.17, 15) is 0 Å². The van der Waals surface area contributed by atoms with E-state index in [2.05, 4.69) is 276 Å². The summed E-state index contributed by atoms with van der Waals surface area (Å²) in [6, 6.07) is 75.5. The first-order chi connectivity index (χ1) is 31.7. The van der Waals surface area contributed by atoms with Gasteiger partial charge < -0.3 is 9.80 Å². The Kier molecular flexibility index (Phi) is 11.7. The minimum absolute atomic E-state index is 0.989. The summed E-state index contributed by atoms with van der Waals surface area (Å²) in [5, 5.41) is 4.99. The molecule has 0 spiro atoms. The Morgan fingerprint density at radius 2 is 0.769 bits per heavy atom. The van der Waals surface area contributed by atoms with Crippen molar-refractivity contribution >= 4 is 87.5 Å². The molecular weight excluding hydrogens is 920 g/mol. The number of hydrogen-bond acceptors (Lipinski definition) is 2. The van der Waals surface area contributed by atoms with E-state index in [-0.39, 0.29) is 0 Å². The summed E-state index contributed by atoms with van der Waals surface area (Å²) in [5.41, 5.74) is 19.2. The van der Waals surface area contributed by atoms with Crippen molar-refractivity contribution < 1.29 is 0 Å². The number of anilines is 6. The fourth-order valence-corrected chi connectivity index (χ4v) is 10.1. The summed E-state index contributed by atoms with van der Waals surface area (Å²) < 4.78 is 2.10. The number of halogens is 2. The van der Waals surface area contributed by atoms with E-state index in [1.54, 1.807) is 0 Å². The highest BCUT2D eigenvalue weighted by molar-refractivity contribution is 9.10. The fraction of sp³-hybridized carbons (Fsp3) is 0.0820. The molecule has 0 unspecified atom stereocenters. The number of hydrogen-bond donors (Lipinski definition) is 0.